The van der Waals surface area contributed by atoms with Crippen molar-refractivity contribution in [2.45, 2.75) is 51.2 Å². The van der Waals surface area contributed by atoms with Gasteiger partial charge in [0.05, 0.1) is 11.7 Å². The summed E-state index contributed by atoms with van der Waals surface area (Å²) in [5.74, 6) is -1.16. The summed E-state index contributed by atoms with van der Waals surface area (Å²) in [5, 5.41) is 3.39. The molecule has 0 radical (unpaired) electrons. The summed E-state index contributed by atoms with van der Waals surface area (Å²) in [5.41, 5.74) is 1.12. The van der Waals surface area contributed by atoms with Crippen molar-refractivity contribution < 1.29 is 19.1 Å². The van der Waals surface area contributed by atoms with Gasteiger partial charge in [-0.15, -0.1) is 0 Å². The number of carbonyl (C=O) groups excluding carboxylic acids is 3. The molecule has 4 rings (SSSR count). The molecule has 1 aromatic heterocycles. The Hall–Kier alpha value is -2.67. The number of ketones is 1. The Balaban J connectivity index is 1.50. The predicted molar refractivity (Wildman–Crippen MR) is 113 cm³/mol. The summed E-state index contributed by atoms with van der Waals surface area (Å²) in [6.45, 7) is 2.79. The highest BCUT2D eigenvalue weighted by atomic mass is 16.5. The van der Waals surface area contributed by atoms with E-state index < -0.39 is 11.7 Å². The Kier molecular flexibility index (Phi) is 6.47. The second-order valence-electron chi connectivity index (χ2n) is 8.16. The van der Waals surface area contributed by atoms with Gasteiger partial charge in [0.15, 0.2) is 0 Å². The molecule has 0 aliphatic carbocycles. The molecule has 2 aliphatic heterocycles. The number of hydrogen-bond donors (Lipinski definition) is 1. The molecule has 2 amide bonds. The fraction of sp³-hybridized carbons (Fsp3) is 0.522. The minimum absolute atomic E-state index is 0.0191. The number of Topliss-reactive ketones (excluding diaryl/α,β-unsaturated/α-hetero) is 1. The number of fused-ring (bicyclic) bond motifs is 1. The lowest BCUT2D eigenvalue weighted by molar-refractivity contribution is -0.131. The number of amides is 2. The van der Waals surface area contributed by atoms with Crippen LogP contribution < -0.4 is 5.32 Å². The Morgan fingerprint density at radius 1 is 1.03 bits per heavy atom. The van der Waals surface area contributed by atoms with Gasteiger partial charge in [-0.2, -0.15) is 0 Å². The van der Waals surface area contributed by atoms with Gasteiger partial charge < -0.3 is 19.5 Å². The Bertz CT molecular complexity index is 922. The molecule has 2 aromatic rings. The van der Waals surface area contributed by atoms with Gasteiger partial charge in [0.25, 0.3) is 11.7 Å². The maximum absolute atomic E-state index is 12.9. The topological polar surface area (TPSA) is 80.6 Å². The summed E-state index contributed by atoms with van der Waals surface area (Å²) in [6, 6.07) is 7.42. The van der Waals surface area contributed by atoms with Crippen molar-refractivity contribution in [2.75, 3.05) is 26.2 Å². The van der Waals surface area contributed by atoms with Gasteiger partial charge in [-0.3, -0.25) is 14.4 Å². The van der Waals surface area contributed by atoms with Gasteiger partial charge in [-0.05, 0) is 31.7 Å². The molecule has 0 saturated carbocycles. The smallest absolute Gasteiger partial charge is 0.292 e. The van der Waals surface area contributed by atoms with Crippen LogP contribution in [0.1, 0.15) is 48.9 Å². The van der Waals surface area contributed by atoms with E-state index in [9.17, 15) is 14.4 Å². The zero-order chi connectivity index (χ0) is 20.9. The number of hydrogen-bond acceptors (Lipinski definition) is 4. The molecule has 0 spiro atoms. The minimum atomic E-state index is -0.632. The predicted octanol–water partition coefficient (Wildman–Crippen LogP) is 2.52. The normalized spacial score (nSPS) is 19.6. The third kappa shape index (κ3) is 4.56. The largest absolute Gasteiger partial charge is 0.376 e. The summed E-state index contributed by atoms with van der Waals surface area (Å²) >= 11 is 0. The van der Waals surface area contributed by atoms with Crippen molar-refractivity contribution in [2.24, 2.45) is 0 Å². The average molecular weight is 412 g/mol. The van der Waals surface area contributed by atoms with Gasteiger partial charge >= 0.3 is 0 Å². The van der Waals surface area contributed by atoms with E-state index in [1.54, 1.807) is 10.8 Å². The lowest BCUT2D eigenvalue weighted by Crippen LogP contribution is -2.36. The van der Waals surface area contributed by atoms with Gasteiger partial charge in [-0.1, -0.05) is 31.0 Å². The highest BCUT2D eigenvalue weighted by molar-refractivity contribution is 6.45. The first-order valence-corrected chi connectivity index (χ1v) is 10.9. The third-order valence-electron chi connectivity index (χ3n) is 6.02. The molecule has 2 saturated heterocycles. The molecule has 1 aromatic carbocycles. The van der Waals surface area contributed by atoms with Crippen LogP contribution in [0.25, 0.3) is 10.9 Å². The molecule has 7 nitrogen and oxygen atoms in total. The van der Waals surface area contributed by atoms with Gasteiger partial charge in [0.2, 0.25) is 5.91 Å². The van der Waals surface area contributed by atoms with E-state index in [0.717, 1.165) is 57.1 Å². The van der Waals surface area contributed by atoms with Crippen LogP contribution in [0.4, 0.5) is 0 Å². The first kappa shape index (κ1) is 20.6. The molecule has 160 valence electrons. The number of nitrogens with one attached hydrogen (secondary N) is 1. The highest BCUT2D eigenvalue weighted by Crippen LogP contribution is 2.23. The Morgan fingerprint density at radius 3 is 2.53 bits per heavy atom. The van der Waals surface area contributed by atoms with Gasteiger partial charge in [-0.25, -0.2) is 0 Å². The first-order valence-electron chi connectivity index (χ1n) is 10.9. The lowest BCUT2D eigenvalue weighted by atomic mass is 10.1. The standard InChI is InChI=1S/C23H29N3O4/c27-21(25-11-5-1-2-6-12-25)16-26-15-19(18-9-3-4-10-20(18)26)22(28)23(29)24-14-17-8-7-13-30-17/h3-4,9-10,15,17H,1-2,5-8,11-14,16H2,(H,24,29)/t17-/m0/s1. The molecule has 1 atom stereocenters. The van der Waals surface area contributed by atoms with E-state index in [-0.39, 0.29) is 18.6 Å². The van der Waals surface area contributed by atoms with Crippen molar-refractivity contribution in [3.05, 3.63) is 36.0 Å². The van der Waals surface area contributed by atoms with Crippen molar-refractivity contribution in [3.8, 4) is 0 Å². The zero-order valence-electron chi connectivity index (χ0n) is 17.3. The van der Waals surface area contributed by atoms with Crippen molar-refractivity contribution >= 4 is 28.5 Å². The van der Waals surface area contributed by atoms with Crippen LogP contribution in [0, 0.1) is 0 Å². The van der Waals surface area contributed by atoms with Crippen LogP contribution in [-0.4, -0.2) is 59.4 Å². The Labute approximate surface area is 176 Å². The van der Waals surface area contributed by atoms with Gasteiger partial charge in [0.1, 0.15) is 6.54 Å². The number of ether oxygens (including phenoxy) is 1. The molecule has 30 heavy (non-hydrogen) atoms. The van der Waals surface area contributed by atoms with E-state index in [0.29, 0.717) is 24.1 Å². The monoisotopic (exact) mass is 411 g/mol. The molecule has 1 N–H and O–H groups in total. The fourth-order valence-electron chi connectivity index (χ4n) is 4.34. The fourth-order valence-corrected chi connectivity index (χ4v) is 4.34. The zero-order valence-corrected chi connectivity index (χ0v) is 17.3. The molecule has 2 aliphatic rings. The van der Waals surface area contributed by atoms with Crippen LogP contribution in [0.2, 0.25) is 0 Å². The number of para-hydroxylation sites is 1. The molecule has 0 unspecified atom stereocenters. The maximum Gasteiger partial charge on any atom is 0.292 e. The van der Waals surface area contributed by atoms with E-state index in [1.165, 1.54) is 0 Å². The summed E-state index contributed by atoms with van der Waals surface area (Å²) in [6.07, 6.45) is 7.90. The van der Waals surface area contributed by atoms with Crippen LogP contribution in [0.5, 0.6) is 0 Å². The van der Waals surface area contributed by atoms with E-state index in [1.807, 2.05) is 29.2 Å². The molecular formula is C23H29N3O4. The van der Waals surface area contributed by atoms with Crippen molar-refractivity contribution in [3.63, 3.8) is 0 Å². The van der Waals surface area contributed by atoms with E-state index in [4.69, 9.17) is 4.74 Å². The Morgan fingerprint density at radius 2 is 1.80 bits per heavy atom. The number of benzene rings is 1. The summed E-state index contributed by atoms with van der Waals surface area (Å²) in [4.78, 5) is 40.1. The quantitative estimate of drug-likeness (QED) is 0.585. The number of rotatable bonds is 6. The van der Waals surface area contributed by atoms with Crippen LogP contribution in [0.3, 0.4) is 0 Å². The summed E-state index contributed by atoms with van der Waals surface area (Å²) in [7, 11) is 0. The van der Waals surface area contributed by atoms with Crippen molar-refractivity contribution in [1.82, 2.24) is 14.8 Å². The lowest BCUT2D eigenvalue weighted by Gasteiger charge is -2.20. The SMILES string of the molecule is O=C(NC[C@@H]1CCCO1)C(=O)c1cn(CC(=O)N2CCCCCC2)c2ccccc12. The molecule has 2 fully saturated rings. The maximum atomic E-state index is 12.9. The number of likely N-dealkylation sites (tertiary alicyclic amines) is 1. The highest BCUT2D eigenvalue weighted by Gasteiger charge is 2.24. The number of nitrogens with zero attached hydrogens (tertiary/aromatic N) is 2. The van der Waals surface area contributed by atoms with Gasteiger partial charge in [0, 0.05) is 43.3 Å². The minimum Gasteiger partial charge on any atom is -0.376 e. The molecule has 3 heterocycles. The van der Waals surface area contributed by atoms with Crippen LogP contribution in [-0.2, 0) is 20.9 Å². The molecular weight excluding hydrogens is 382 g/mol. The summed E-state index contributed by atoms with van der Waals surface area (Å²) < 4.78 is 7.30. The average Bonchev–Trinajstić information content (AvgIpc) is 3.31. The van der Waals surface area contributed by atoms with Crippen LogP contribution in [0.15, 0.2) is 30.5 Å². The van der Waals surface area contributed by atoms with E-state index in [2.05, 4.69) is 5.32 Å². The molecule has 0 bridgehead atoms. The van der Waals surface area contributed by atoms with Crippen LogP contribution >= 0.6 is 0 Å². The first-order chi connectivity index (χ1) is 14.6. The second kappa shape index (κ2) is 9.43. The number of aromatic nitrogens is 1. The number of carbonyl (C=O) groups is 3. The molecule has 7 heteroatoms. The third-order valence-corrected chi connectivity index (χ3v) is 6.02. The second-order valence-corrected chi connectivity index (χ2v) is 8.16. The van der Waals surface area contributed by atoms with E-state index >= 15 is 0 Å². The van der Waals surface area contributed by atoms with Crippen molar-refractivity contribution in [1.29, 1.82) is 0 Å².